The van der Waals surface area contributed by atoms with Crippen molar-refractivity contribution in [3.8, 4) is 5.75 Å². The van der Waals surface area contributed by atoms with Crippen LogP contribution >= 0.6 is 24.0 Å². The van der Waals surface area contributed by atoms with Crippen LogP contribution in [0.4, 0.5) is 0 Å². The van der Waals surface area contributed by atoms with E-state index < -0.39 is 0 Å². The monoisotopic (exact) mass is 500 g/mol. The fraction of sp³-hybridized carbons (Fsp3) is 0.524. The Morgan fingerprint density at radius 2 is 1.93 bits per heavy atom. The lowest BCUT2D eigenvalue weighted by Gasteiger charge is -2.15. The molecule has 156 valence electrons. The molecule has 28 heavy (non-hydrogen) atoms. The highest BCUT2D eigenvalue weighted by Crippen LogP contribution is 2.25. The topological polar surface area (TPSA) is 71.7 Å². The molecule has 0 amide bonds. The molecule has 2 N–H and O–H groups in total. The summed E-state index contributed by atoms with van der Waals surface area (Å²) in [6.45, 7) is 10.4. The number of para-hydroxylation sites is 1. The van der Waals surface area contributed by atoms with Crippen molar-refractivity contribution in [3.05, 3.63) is 46.8 Å². The van der Waals surface area contributed by atoms with Crippen LogP contribution in [-0.4, -0.2) is 31.3 Å². The van der Waals surface area contributed by atoms with Gasteiger partial charge in [0.1, 0.15) is 18.1 Å². The maximum Gasteiger partial charge on any atom is 0.191 e. The summed E-state index contributed by atoms with van der Waals surface area (Å²) in [5, 5.41) is 10.8. The molecule has 0 radical (unpaired) electrons. The van der Waals surface area contributed by atoms with Crippen molar-refractivity contribution in [3.63, 3.8) is 0 Å². The molecule has 0 saturated carbocycles. The van der Waals surface area contributed by atoms with E-state index in [1.54, 1.807) is 7.05 Å². The molecule has 7 heteroatoms. The zero-order chi connectivity index (χ0) is 19.6. The van der Waals surface area contributed by atoms with Gasteiger partial charge >= 0.3 is 0 Å². The fourth-order valence-corrected chi connectivity index (χ4v) is 2.95. The summed E-state index contributed by atoms with van der Waals surface area (Å²) in [7, 11) is 1.76. The first-order chi connectivity index (χ1) is 13.1. The van der Waals surface area contributed by atoms with Crippen LogP contribution in [0.5, 0.6) is 5.75 Å². The van der Waals surface area contributed by atoms with Gasteiger partial charge in [-0.2, -0.15) is 0 Å². The Bertz CT molecular complexity index is 722. The van der Waals surface area contributed by atoms with E-state index in [0.29, 0.717) is 25.6 Å². The Kier molecular flexibility index (Phi) is 11.0. The van der Waals surface area contributed by atoms with Crippen LogP contribution in [-0.2, 0) is 19.4 Å². The number of hydrogen-bond acceptors (Lipinski definition) is 4. The predicted molar refractivity (Wildman–Crippen MR) is 125 cm³/mol. The van der Waals surface area contributed by atoms with E-state index in [1.807, 2.05) is 18.2 Å². The van der Waals surface area contributed by atoms with E-state index in [-0.39, 0.29) is 24.0 Å². The third-order valence-electron chi connectivity index (χ3n) is 4.46. The fourth-order valence-electron chi connectivity index (χ4n) is 2.95. The van der Waals surface area contributed by atoms with Gasteiger partial charge in [0.25, 0.3) is 0 Å². The Balaban J connectivity index is 0.00000392. The van der Waals surface area contributed by atoms with Gasteiger partial charge in [-0.15, -0.1) is 24.0 Å². The first kappa shape index (κ1) is 24.3. The van der Waals surface area contributed by atoms with Gasteiger partial charge in [-0.25, -0.2) is 0 Å². The minimum absolute atomic E-state index is 0. The molecule has 0 fully saturated rings. The Morgan fingerprint density at radius 3 is 2.57 bits per heavy atom. The maximum absolute atomic E-state index is 5.95. The average molecular weight is 500 g/mol. The number of aromatic nitrogens is 1. The normalized spacial score (nSPS) is 11.3. The molecule has 1 aromatic heterocycles. The van der Waals surface area contributed by atoms with Crippen molar-refractivity contribution < 1.29 is 9.26 Å². The molecule has 1 aromatic carbocycles. The van der Waals surface area contributed by atoms with E-state index in [4.69, 9.17) is 9.26 Å². The van der Waals surface area contributed by atoms with Crippen molar-refractivity contribution in [1.29, 1.82) is 0 Å². The first-order valence-corrected chi connectivity index (χ1v) is 9.73. The number of halogens is 1. The summed E-state index contributed by atoms with van der Waals surface area (Å²) in [5.74, 6) is 3.05. The molecule has 0 unspecified atom stereocenters. The number of guanidine groups is 1. The zero-order valence-electron chi connectivity index (χ0n) is 17.5. The van der Waals surface area contributed by atoms with Gasteiger partial charge in [0.05, 0.1) is 12.2 Å². The molecule has 0 saturated heterocycles. The van der Waals surface area contributed by atoms with Crippen molar-refractivity contribution in [1.82, 2.24) is 15.8 Å². The standard InChI is InChI=1S/C21H32N4O2.HI/c1-6-18-17(19(7-2)27-25-18)14-24-21(22-5)23-12-13-26-20-11-9-8-10-16(20)15(3)4;/h8-11,15H,6-7,12-14H2,1-5H3,(H2,22,23,24);1H. The summed E-state index contributed by atoms with van der Waals surface area (Å²) in [5.41, 5.74) is 3.36. The van der Waals surface area contributed by atoms with E-state index in [1.165, 1.54) is 5.56 Å². The smallest absolute Gasteiger partial charge is 0.191 e. The van der Waals surface area contributed by atoms with Gasteiger partial charge in [-0.3, -0.25) is 4.99 Å². The molecular formula is C21H33IN4O2. The zero-order valence-corrected chi connectivity index (χ0v) is 19.9. The second-order valence-electron chi connectivity index (χ2n) is 6.63. The highest BCUT2D eigenvalue weighted by Gasteiger charge is 2.13. The number of aryl methyl sites for hydroxylation is 2. The van der Waals surface area contributed by atoms with Gasteiger partial charge in [0.2, 0.25) is 0 Å². The predicted octanol–water partition coefficient (Wildman–Crippen LogP) is 4.28. The van der Waals surface area contributed by atoms with Gasteiger partial charge < -0.3 is 19.9 Å². The molecule has 1 heterocycles. The number of ether oxygens (including phenoxy) is 1. The molecule has 0 spiro atoms. The van der Waals surface area contributed by atoms with Gasteiger partial charge in [0, 0.05) is 25.6 Å². The largest absolute Gasteiger partial charge is 0.491 e. The molecule has 2 rings (SSSR count). The third kappa shape index (κ3) is 6.68. The van der Waals surface area contributed by atoms with Crippen LogP contribution in [0.3, 0.4) is 0 Å². The second kappa shape index (κ2) is 12.6. The Morgan fingerprint density at radius 1 is 1.18 bits per heavy atom. The molecular weight excluding hydrogens is 467 g/mol. The summed E-state index contributed by atoms with van der Waals surface area (Å²) < 4.78 is 11.4. The number of nitrogens with one attached hydrogen (secondary N) is 2. The lowest BCUT2D eigenvalue weighted by molar-refractivity contribution is 0.317. The molecule has 0 aliphatic carbocycles. The van der Waals surface area contributed by atoms with Gasteiger partial charge in [0.15, 0.2) is 5.96 Å². The van der Waals surface area contributed by atoms with Crippen molar-refractivity contribution in [2.45, 2.75) is 53.0 Å². The molecule has 0 aliphatic rings. The lowest BCUT2D eigenvalue weighted by atomic mass is 10.0. The second-order valence-corrected chi connectivity index (χ2v) is 6.63. The minimum atomic E-state index is 0. The number of rotatable bonds is 9. The Labute approximate surface area is 185 Å². The van der Waals surface area contributed by atoms with E-state index >= 15 is 0 Å². The molecule has 0 aliphatic heterocycles. The molecule has 6 nitrogen and oxygen atoms in total. The van der Waals surface area contributed by atoms with E-state index in [9.17, 15) is 0 Å². The van der Waals surface area contributed by atoms with Crippen LogP contribution in [0.1, 0.15) is 56.2 Å². The summed E-state index contributed by atoms with van der Waals surface area (Å²) >= 11 is 0. The van der Waals surface area contributed by atoms with Crippen molar-refractivity contribution in [2.75, 3.05) is 20.2 Å². The quantitative estimate of drug-likeness (QED) is 0.233. The van der Waals surface area contributed by atoms with Crippen LogP contribution in [0.2, 0.25) is 0 Å². The maximum atomic E-state index is 5.95. The number of benzene rings is 1. The average Bonchev–Trinajstić information content (AvgIpc) is 3.09. The third-order valence-corrected chi connectivity index (χ3v) is 4.46. The van der Waals surface area contributed by atoms with Crippen LogP contribution in [0.15, 0.2) is 33.8 Å². The summed E-state index contributed by atoms with van der Waals surface area (Å²) in [6, 6.07) is 8.19. The van der Waals surface area contributed by atoms with Crippen molar-refractivity contribution >= 4 is 29.9 Å². The number of nitrogens with zero attached hydrogens (tertiary/aromatic N) is 2. The highest BCUT2D eigenvalue weighted by molar-refractivity contribution is 14.0. The van der Waals surface area contributed by atoms with Crippen LogP contribution in [0, 0.1) is 0 Å². The first-order valence-electron chi connectivity index (χ1n) is 9.73. The van der Waals surface area contributed by atoms with Crippen molar-refractivity contribution in [2.24, 2.45) is 4.99 Å². The number of aliphatic imine (C=N–C) groups is 1. The summed E-state index contributed by atoms with van der Waals surface area (Å²) in [6.07, 6.45) is 1.69. The molecule has 0 bridgehead atoms. The molecule has 0 atom stereocenters. The van der Waals surface area contributed by atoms with Crippen LogP contribution < -0.4 is 15.4 Å². The highest BCUT2D eigenvalue weighted by atomic mass is 127. The Hall–Kier alpha value is -1.77. The SMILES string of the molecule is CCc1noc(CC)c1CNC(=NC)NCCOc1ccccc1C(C)C.I. The van der Waals surface area contributed by atoms with E-state index in [0.717, 1.165) is 41.6 Å². The lowest BCUT2D eigenvalue weighted by Crippen LogP contribution is -2.39. The van der Waals surface area contributed by atoms with Gasteiger partial charge in [-0.1, -0.05) is 51.1 Å². The molecule has 2 aromatic rings. The van der Waals surface area contributed by atoms with Crippen LogP contribution in [0.25, 0.3) is 0 Å². The minimum Gasteiger partial charge on any atom is -0.491 e. The summed E-state index contributed by atoms with van der Waals surface area (Å²) in [4.78, 5) is 4.28. The van der Waals surface area contributed by atoms with Gasteiger partial charge in [-0.05, 0) is 24.0 Å². The van der Waals surface area contributed by atoms with E-state index in [2.05, 4.69) is 54.5 Å². The number of hydrogen-bond donors (Lipinski definition) is 2.